The maximum Gasteiger partial charge on any atom is 0.408 e. The van der Waals surface area contributed by atoms with Gasteiger partial charge in [0.1, 0.15) is 23.4 Å². The number of carbonyl (C=O) groups is 3. The molecule has 2 N–H and O–H groups in total. The summed E-state index contributed by atoms with van der Waals surface area (Å²) in [4.78, 5) is 43.3. The van der Waals surface area contributed by atoms with E-state index in [1.54, 1.807) is 63.1 Å². The molecule has 3 aromatic rings. The van der Waals surface area contributed by atoms with Crippen LogP contribution in [-0.4, -0.2) is 48.1 Å². The van der Waals surface area contributed by atoms with Gasteiger partial charge in [0.15, 0.2) is 0 Å². The van der Waals surface area contributed by atoms with Gasteiger partial charge in [0.2, 0.25) is 5.91 Å². The fourth-order valence-electron chi connectivity index (χ4n) is 4.81. The van der Waals surface area contributed by atoms with Gasteiger partial charge in [-0.25, -0.2) is 4.79 Å². The lowest BCUT2D eigenvalue weighted by atomic mass is 9.98. The second-order valence-electron chi connectivity index (χ2n) is 11.6. The summed E-state index contributed by atoms with van der Waals surface area (Å²) in [6, 6.07) is 21.9. The second kappa shape index (κ2) is 16.3. The number of nitrogens with one attached hydrogen (secondary N) is 2. The molecule has 2 unspecified atom stereocenters. The van der Waals surface area contributed by atoms with Crippen LogP contribution >= 0.6 is 0 Å². The first-order valence-corrected chi connectivity index (χ1v) is 15.1. The van der Waals surface area contributed by atoms with E-state index in [-0.39, 0.29) is 18.2 Å². The Kier molecular flexibility index (Phi) is 12.6. The third-order valence-electron chi connectivity index (χ3n) is 6.94. The van der Waals surface area contributed by atoms with Crippen molar-refractivity contribution in [2.45, 2.75) is 71.1 Å². The average molecular weight is 600 g/mol. The van der Waals surface area contributed by atoms with Gasteiger partial charge in [-0.1, -0.05) is 81.0 Å². The molecule has 3 amide bonds. The zero-order valence-electron chi connectivity index (χ0n) is 26.5. The van der Waals surface area contributed by atoms with Crippen molar-refractivity contribution in [2.24, 2.45) is 0 Å². The lowest BCUT2D eigenvalue weighted by molar-refractivity contribution is -0.140. The Balaban J connectivity index is 2.07. The van der Waals surface area contributed by atoms with Gasteiger partial charge in [0.25, 0.3) is 5.91 Å². The highest BCUT2D eigenvalue weighted by atomic mass is 16.6. The minimum absolute atomic E-state index is 0.225. The van der Waals surface area contributed by atoms with Gasteiger partial charge in [-0.3, -0.25) is 9.59 Å². The predicted octanol–water partition coefficient (Wildman–Crippen LogP) is 7.17. The zero-order chi connectivity index (χ0) is 32.1. The van der Waals surface area contributed by atoms with Crippen molar-refractivity contribution in [3.63, 3.8) is 0 Å². The Bertz CT molecular complexity index is 1380. The molecule has 0 heterocycles. The van der Waals surface area contributed by atoms with Crippen molar-refractivity contribution >= 4 is 29.7 Å². The van der Waals surface area contributed by atoms with Crippen LogP contribution in [0.3, 0.4) is 0 Å². The molecular formula is C36H45N3O5. The van der Waals surface area contributed by atoms with Gasteiger partial charge < -0.3 is 25.0 Å². The third-order valence-corrected chi connectivity index (χ3v) is 6.94. The third kappa shape index (κ3) is 10.3. The van der Waals surface area contributed by atoms with E-state index in [0.717, 1.165) is 24.0 Å². The molecule has 3 aromatic carbocycles. The normalized spacial score (nSPS) is 12.4. The molecule has 0 saturated carbocycles. The number of anilines is 1. The summed E-state index contributed by atoms with van der Waals surface area (Å²) >= 11 is 0. The molecule has 8 heteroatoms. The summed E-state index contributed by atoms with van der Waals surface area (Å²) < 4.78 is 10.8. The average Bonchev–Trinajstić information content (AvgIpc) is 3.00. The molecule has 0 aliphatic rings. The Morgan fingerprint density at radius 3 is 2.27 bits per heavy atom. The number of methoxy groups -OCH3 is 1. The molecule has 0 spiro atoms. The van der Waals surface area contributed by atoms with E-state index in [1.165, 1.54) is 0 Å². The number of unbranched alkanes of at least 4 members (excludes halogenated alkanes) is 2. The van der Waals surface area contributed by atoms with Crippen LogP contribution in [0, 0.1) is 0 Å². The van der Waals surface area contributed by atoms with E-state index >= 15 is 0 Å². The van der Waals surface area contributed by atoms with Crippen LogP contribution in [0.25, 0.3) is 6.08 Å². The smallest absolute Gasteiger partial charge is 0.408 e. The number of amides is 3. The van der Waals surface area contributed by atoms with Gasteiger partial charge in [-0.15, -0.1) is 0 Å². The van der Waals surface area contributed by atoms with E-state index in [0.29, 0.717) is 30.0 Å². The standard InChI is InChI=1S/C36H45N3O5/c1-7-9-13-23-39(34(41)31(25-27-15-11-10-12-16-27)38-35(42)44-36(3,4)5)32(28-18-14-17-26(8-2)24-28)33(40)37-29-19-21-30(43-6)22-20-29/h8,10-12,14-22,24,31-32H,2,7,9,13,23,25H2,1,3-6H3,(H,37,40)(H,38,42). The van der Waals surface area contributed by atoms with Gasteiger partial charge in [0.05, 0.1) is 7.11 Å². The minimum atomic E-state index is -0.986. The molecule has 8 nitrogen and oxygen atoms in total. The van der Waals surface area contributed by atoms with Crippen molar-refractivity contribution in [2.75, 3.05) is 19.0 Å². The van der Waals surface area contributed by atoms with Crippen LogP contribution in [0.1, 0.15) is 69.7 Å². The zero-order valence-corrected chi connectivity index (χ0v) is 26.5. The molecule has 3 rings (SSSR count). The summed E-state index contributed by atoms with van der Waals surface area (Å²) in [6.45, 7) is 11.6. The monoisotopic (exact) mass is 599 g/mol. The maximum atomic E-state index is 14.6. The SMILES string of the molecule is C=Cc1cccc(C(C(=O)Nc2ccc(OC)cc2)N(CCCCC)C(=O)C(Cc2ccccc2)NC(=O)OC(C)(C)C)c1. The first-order valence-electron chi connectivity index (χ1n) is 15.1. The van der Waals surface area contributed by atoms with Crippen molar-refractivity contribution in [3.8, 4) is 5.75 Å². The molecule has 0 radical (unpaired) electrons. The van der Waals surface area contributed by atoms with E-state index in [2.05, 4.69) is 24.1 Å². The molecule has 234 valence electrons. The van der Waals surface area contributed by atoms with E-state index in [4.69, 9.17) is 9.47 Å². The molecule has 0 fully saturated rings. The Labute approximate surface area is 261 Å². The van der Waals surface area contributed by atoms with Gasteiger partial charge in [-0.05, 0) is 74.2 Å². The van der Waals surface area contributed by atoms with E-state index < -0.39 is 23.8 Å². The van der Waals surface area contributed by atoms with Crippen LogP contribution in [0.5, 0.6) is 5.75 Å². The molecular weight excluding hydrogens is 554 g/mol. The molecule has 0 aliphatic carbocycles. The number of benzene rings is 3. The maximum absolute atomic E-state index is 14.6. The van der Waals surface area contributed by atoms with Crippen molar-refractivity contribution in [1.29, 1.82) is 0 Å². The number of rotatable bonds is 14. The minimum Gasteiger partial charge on any atom is -0.497 e. The fraction of sp³-hybridized carbons (Fsp3) is 0.361. The highest BCUT2D eigenvalue weighted by molar-refractivity contribution is 5.99. The number of hydrogen-bond donors (Lipinski definition) is 2. The van der Waals surface area contributed by atoms with Gasteiger partial charge in [0, 0.05) is 18.7 Å². The first-order chi connectivity index (χ1) is 21.0. The molecule has 0 aromatic heterocycles. The molecule has 2 atom stereocenters. The quantitative estimate of drug-likeness (QED) is 0.192. The lowest BCUT2D eigenvalue weighted by Crippen LogP contribution is -2.53. The molecule has 0 saturated heterocycles. The first kappa shape index (κ1) is 33.9. The largest absolute Gasteiger partial charge is 0.497 e. The van der Waals surface area contributed by atoms with Crippen LogP contribution < -0.4 is 15.4 Å². The van der Waals surface area contributed by atoms with Crippen molar-refractivity contribution in [1.82, 2.24) is 10.2 Å². The fourth-order valence-corrected chi connectivity index (χ4v) is 4.81. The number of carbonyl (C=O) groups excluding carboxylic acids is 3. The number of nitrogens with zero attached hydrogens (tertiary/aromatic N) is 1. The van der Waals surface area contributed by atoms with Crippen LogP contribution in [0.2, 0.25) is 0 Å². The summed E-state index contributed by atoms with van der Waals surface area (Å²) in [6.07, 6.45) is 3.70. The number of alkyl carbamates (subject to hydrolysis) is 1. The Morgan fingerprint density at radius 1 is 0.955 bits per heavy atom. The Hall–Kier alpha value is -4.59. The summed E-state index contributed by atoms with van der Waals surface area (Å²) in [5.74, 6) is -0.0989. The summed E-state index contributed by atoms with van der Waals surface area (Å²) in [7, 11) is 1.58. The molecule has 0 bridgehead atoms. The Morgan fingerprint density at radius 2 is 1.66 bits per heavy atom. The highest BCUT2D eigenvalue weighted by Gasteiger charge is 2.36. The second-order valence-corrected chi connectivity index (χ2v) is 11.6. The van der Waals surface area contributed by atoms with Crippen LogP contribution in [0.4, 0.5) is 10.5 Å². The van der Waals surface area contributed by atoms with Crippen LogP contribution in [-0.2, 0) is 20.7 Å². The summed E-state index contributed by atoms with van der Waals surface area (Å²) in [5.41, 5.74) is 2.13. The van der Waals surface area contributed by atoms with E-state index in [1.807, 2.05) is 54.6 Å². The van der Waals surface area contributed by atoms with Crippen molar-refractivity contribution in [3.05, 3.63) is 102 Å². The van der Waals surface area contributed by atoms with Gasteiger partial charge >= 0.3 is 6.09 Å². The highest BCUT2D eigenvalue weighted by Crippen LogP contribution is 2.27. The predicted molar refractivity (Wildman–Crippen MR) is 175 cm³/mol. The van der Waals surface area contributed by atoms with Gasteiger partial charge in [-0.2, -0.15) is 0 Å². The molecule has 44 heavy (non-hydrogen) atoms. The topological polar surface area (TPSA) is 97.0 Å². The summed E-state index contributed by atoms with van der Waals surface area (Å²) in [5, 5.41) is 5.80. The number of ether oxygens (including phenoxy) is 2. The van der Waals surface area contributed by atoms with Crippen molar-refractivity contribution < 1.29 is 23.9 Å². The van der Waals surface area contributed by atoms with E-state index in [9.17, 15) is 14.4 Å². The number of hydrogen-bond acceptors (Lipinski definition) is 5. The van der Waals surface area contributed by atoms with Crippen LogP contribution in [0.15, 0.2) is 85.4 Å². The lowest BCUT2D eigenvalue weighted by Gasteiger charge is -2.35. The molecule has 0 aliphatic heterocycles.